The summed E-state index contributed by atoms with van der Waals surface area (Å²) in [5.41, 5.74) is -1.43. The third kappa shape index (κ3) is 4.86. The van der Waals surface area contributed by atoms with E-state index in [0.717, 1.165) is 18.2 Å². The first kappa shape index (κ1) is 20.0. The fraction of sp³-hybridized carbons (Fsp3) is 0.188. The first-order chi connectivity index (χ1) is 12.1. The number of benzene rings is 1. The van der Waals surface area contributed by atoms with Crippen LogP contribution in [-0.4, -0.2) is 23.5 Å². The standard InChI is InChI=1S/C16H11Cl2F3N2O3/c1-8-11(17)6-12(18)14(22-8)23-13(24)7-26-15(25)9-4-2-3-5-10(9)16(19,20)21/h2-6H,7H2,1H3,(H,22,23,24). The largest absolute Gasteiger partial charge is 0.452 e. The summed E-state index contributed by atoms with van der Waals surface area (Å²) >= 11 is 11.7. The van der Waals surface area contributed by atoms with Gasteiger partial charge < -0.3 is 10.1 Å². The molecule has 0 fully saturated rings. The summed E-state index contributed by atoms with van der Waals surface area (Å²) in [5, 5.41) is 2.64. The van der Waals surface area contributed by atoms with Gasteiger partial charge >= 0.3 is 12.1 Å². The molecule has 0 aliphatic carbocycles. The predicted molar refractivity (Wildman–Crippen MR) is 89.4 cm³/mol. The molecule has 0 unspecified atom stereocenters. The van der Waals surface area contributed by atoms with Gasteiger partial charge in [0.1, 0.15) is 0 Å². The second-order valence-corrected chi connectivity index (χ2v) is 5.87. The first-order valence-corrected chi connectivity index (χ1v) is 7.81. The van der Waals surface area contributed by atoms with Crippen LogP contribution in [0.15, 0.2) is 30.3 Å². The number of anilines is 1. The molecule has 138 valence electrons. The number of pyridine rings is 1. The highest BCUT2D eigenvalue weighted by atomic mass is 35.5. The molecule has 1 N–H and O–H groups in total. The van der Waals surface area contributed by atoms with Crippen LogP contribution >= 0.6 is 23.2 Å². The number of hydrogen-bond acceptors (Lipinski definition) is 4. The van der Waals surface area contributed by atoms with Crippen molar-refractivity contribution in [3.05, 3.63) is 57.2 Å². The second-order valence-electron chi connectivity index (χ2n) is 5.05. The molecule has 5 nitrogen and oxygen atoms in total. The highest BCUT2D eigenvalue weighted by Gasteiger charge is 2.35. The topological polar surface area (TPSA) is 68.3 Å². The highest BCUT2D eigenvalue weighted by molar-refractivity contribution is 6.36. The Hall–Kier alpha value is -2.32. The van der Waals surface area contributed by atoms with Crippen LogP contribution in [0.2, 0.25) is 10.0 Å². The van der Waals surface area contributed by atoms with Gasteiger partial charge in [-0.3, -0.25) is 4.79 Å². The number of hydrogen-bond donors (Lipinski definition) is 1. The van der Waals surface area contributed by atoms with Gasteiger partial charge in [0.15, 0.2) is 12.4 Å². The van der Waals surface area contributed by atoms with Gasteiger partial charge in [0.25, 0.3) is 5.91 Å². The lowest BCUT2D eigenvalue weighted by Crippen LogP contribution is -2.23. The van der Waals surface area contributed by atoms with E-state index in [4.69, 9.17) is 23.2 Å². The molecular weight excluding hydrogens is 396 g/mol. The zero-order valence-electron chi connectivity index (χ0n) is 13.2. The van der Waals surface area contributed by atoms with Crippen LogP contribution in [0.5, 0.6) is 0 Å². The number of halogens is 5. The Morgan fingerprint density at radius 3 is 2.50 bits per heavy atom. The van der Waals surface area contributed by atoms with Crippen LogP contribution in [0, 0.1) is 6.92 Å². The van der Waals surface area contributed by atoms with Crippen molar-refractivity contribution in [2.75, 3.05) is 11.9 Å². The average molecular weight is 407 g/mol. The Balaban J connectivity index is 2.05. The lowest BCUT2D eigenvalue weighted by molar-refractivity contribution is -0.138. The number of amides is 1. The third-order valence-electron chi connectivity index (χ3n) is 3.15. The van der Waals surface area contributed by atoms with Crippen molar-refractivity contribution in [3.8, 4) is 0 Å². The van der Waals surface area contributed by atoms with Gasteiger partial charge in [0.05, 0.1) is 26.9 Å². The Morgan fingerprint density at radius 1 is 1.19 bits per heavy atom. The number of nitrogens with one attached hydrogen (secondary N) is 1. The molecule has 1 aromatic carbocycles. The summed E-state index contributed by atoms with van der Waals surface area (Å²) in [6, 6.07) is 5.47. The number of carbonyl (C=O) groups excluding carboxylic acids is 2. The van der Waals surface area contributed by atoms with Gasteiger partial charge in [-0.2, -0.15) is 13.2 Å². The zero-order chi connectivity index (χ0) is 19.5. The van der Waals surface area contributed by atoms with Crippen LogP contribution in [0.1, 0.15) is 21.6 Å². The lowest BCUT2D eigenvalue weighted by Gasteiger charge is -2.12. The maximum atomic E-state index is 12.9. The maximum Gasteiger partial charge on any atom is 0.417 e. The van der Waals surface area contributed by atoms with Crippen molar-refractivity contribution in [1.82, 2.24) is 4.98 Å². The number of nitrogens with zero attached hydrogens (tertiary/aromatic N) is 1. The Bertz CT molecular complexity index is 857. The van der Waals surface area contributed by atoms with E-state index in [-0.39, 0.29) is 10.8 Å². The number of esters is 1. The summed E-state index contributed by atoms with van der Waals surface area (Å²) in [5.74, 6) is -2.11. The Morgan fingerprint density at radius 2 is 1.85 bits per heavy atom. The number of aromatic nitrogens is 1. The minimum atomic E-state index is -4.73. The van der Waals surface area contributed by atoms with Gasteiger partial charge in [-0.05, 0) is 25.1 Å². The molecule has 10 heteroatoms. The minimum Gasteiger partial charge on any atom is -0.452 e. The molecule has 0 saturated carbocycles. The summed E-state index contributed by atoms with van der Waals surface area (Å²) in [4.78, 5) is 27.7. The number of alkyl halides is 3. The SMILES string of the molecule is Cc1nc(NC(=O)COC(=O)c2ccccc2C(F)(F)F)c(Cl)cc1Cl. The smallest absolute Gasteiger partial charge is 0.417 e. The van der Waals surface area contributed by atoms with Gasteiger partial charge in [0.2, 0.25) is 0 Å². The van der Waals surface area contributed by atoms with Gasteiger partial charge in [-0.15, -0.1) is 0 Å². The van der Waals surface area contributed by atoms with Crippen LogP contribution < -0.4 is 5.32 Å². The number of aryl methyl sites for hydroxylation is 1. The Kier molecular flexibility index (Phi) is 6.09. The van der Waals surface area contributed by atoms with E-state index in [2.05, 4.69) is 15.0 Å². The van der Waals surface area contributed by atoms with Crippen molar-refractivity contribution < 1.29 is 27.5 Å². The highest BCUT2D eigenvalue weighted by Crippen LogP contribution is 2.32. The molecule has 1 heterocycles. The molecule has 2 aromatic rings. The van der Waals surface area contributed by atoms with Crippen molar-refractivity contribution in [2.24, 2.45) is 0 Å². The quantitative estimate of drug-likeness (QED) is 0.758. The molecular formula is C16H11Cl2F3N2O3. The molecule has 2 rings (SSSR count). The average Bonchev–Trinajstić information content (AvgIpc) is 2.57. The van der Waals surface area contributed by atoms with E-state index >= 15 is 0 Å². The molecule has 26 heavy (non-hydrogen) atoms. The van der Waals surface area contributed by atoms with Crippen molar-refractivity contribution in [2.45, 2.75) is 13.1 Å². The van der Waals surface area contributed by atoms with E-state index in [1.807, 2.05) is 0 Å². The van der Waals surface area contributed by atoms with Crippen LogP contribution in [-0.2, 0) is 15.7 Å². The van der Waals surface area contributed by atoms with Crippen LogP contribution in [0.25, 0.3) is 0 Å². The monoisotopic (exact) mass is 406 g/mol. The van der Waals surface area contributed by atoms with E-state index in [0.29, 0.717) is 10.7 Å². The van der Waals surface area contributed by atoms with Crippen LogP contribution in [0.3, 0.4) is 0 Å². The fourth-order valence-electron chi connectivity index (χ4n) is 1.93. The van der Waals surface area contributed by atoms with Crippen LogP contribution in [0.4, 0.5) is 19.0 Å². The van der Waals surface area contributed by atoms with E-state index in [9.17, 15) is 22.8 Å². The molecule has 0 spiro atoms. The maximum absolute atomic E-state index is 12.9. The van der Waals surface area contributed by atoms with E-state index in [1.165, 1.54) is 12.1 Å². The lowest BCUT2D eigenvalue weighted by atomic mass is 10.1. The Labute approximate surface area is 156 Å². The minimum absolute atomic E-state index is 0.00897. The van der Waals surface area contributed by atoms with Crippen molar-refractivity contribution in [1.29, 1.82) is 0 Å². The molecule has 0 radical (unpaired) electrons. The summed E-state index contributed by atoms with van der Waals surface area (Å²) < 4.78 is 43.3. The normalized spacial score (nSPS) is 11.2. The fourth-order valence-corrected chi connectivity index (χ4v) is 2.34. The number of rotatable bonds is 4. The summed E-state index contributed by atoms with van der Waals surface area (Å²) in [7, 11) is 0. The molecule has 0 aliphatic heterocycles. The second kappa shape index (κ2) is 7.92. The number of carbonyl (C=O) groups is 2. The molecule has 0 atom stereocenters. The zero-order valence-corrected chi connectivity index (χ0v) is 14.7. The molecule has 1 aromatic heterocycles. The predicted octanol–water partition coefficient (Wildman–Crippen LogP) is 4.51. The molecule has 0 saturated heterocycles. The summed E-state index contributed by atoms with van der Waals surface area (Å²) in [6.45, 7) is 0.771. The van der Waals surface area contributed by atoms with Crippen molar-refractivity contribution in [3.63, 3.8) is 0 Å². The summed E-state index contributed by atoms with van der Waals surface area (Å²) in [6.07, 6.45) is -4.73. The molecule has 0 bridgehead atoms. The van der Waals surface area contributed by atoms with Gasteiger partial charge in [-0.25, -0.2) is 9.78 Å². The van der Waals surface area contributed by atoms with Crippen molar-refractivity contribution >= 4 is 40.9 Å². The third-order valence-corrected chi connectivity index (χ3v) is 3.82. The molecule has 1 amide bonds. The first-order valence-electron chi connectivity index (χ1n) is 7.05. The van der Waals surface area contributed by atoms with E-state index < -0.39 is 35.8 Å². The van der Waals surface area contributed by atoms with Gasteiger partial charge in [-0.1, -0.05) is 35.3 Å². The number of ether oxygens (including phenoxy) is 1. The van der Waals surface area contributed by atoms with Gasteiger partial charge in [0, 0.05) is 0 Å². The van der Waals surface area contributed by atoms with E-state index in [1.54, 1.807) is 6.92 Å². The molecule has 0 aliphatic rings.